The number of nitrogens with zero attached hydrogens (tertiary/aromatic N) is 2. The van der Waals surface area contributed by atoms with Gasteiger partial charge < -0.3 is 10.2 Å². The predicted octanol–water partition coefficient (Wildman–Crippen LogP) is 0.845. The van der Waals surface area contributed by atoms with Gasteiger partial charge in [-0.3, -0.25) is 14.5 Å². The molecule has 2 saturated heterocycles. The summed E-state index contributed by atoms with van der Waals surface area (Å²) in [4.78, 5) is 27.8. The Morgan fingerprint density at radius 1 is 1.15 bits per heavy atom. The highest BCUT2D eigenvalue weighted by Crippen LogP contribution is 2.24. The average molecular weight is 281 g/mol. The van der Waals surface area contributed by atoms with Crippen LogP contribution in [0.2, 0.25) is 0 Å². The van der Waals surface area contributed by atoms with E-state index in [-0.39, 0.29) is 17.9 Å². The summed E-state index contributed by atoms with van der Waals surface area (Å²) in [7, 11) is 1.72. The topological polar surface area (TPSA) is 52.7 Å². The Hall–Kier alpha value is -1.10. The van der Waals surface area contributed by atoms with Gasteiger partial charge in [0, 0.05) is 33.1 Å². The Labute approximate surface area is 121 Å². The van der Waals surface area contributed by atoms with Gasteiger partial charge in [0.25, 0.3) is 0 Å². The summed E-state index contributed by atoms with van der Waals surface area (Å²) in [5.41, 5.74) is 0. The lowest BCUT2D eigenvalue weighted by molar-refractivity contribution is -0.132. The molecule has 2 rings (SSSR count). The fourth-order valence-corrected chi connectivity index (χ4v) is 3.43. The number of amides is 2. The Kier molecular flexibility index (Phi) is 5.40. The van der Waals surface area contributed by atoms with Crippen molar-refractivity contribution < 1.29 is 9.59 Å². The molecule has 0 aromatic heterocycles. The molecule has 0 aromatic carbocycles. The molecule has 2 fully saturated rings. The molecule has 0 aliphatic carbocycles. The first-order valence-corrected chi connectivity index (χ1v) is 7.89. The Morgan fingerprint density at radius 3 is 2.45 bits per heavy atom. The van der Waals surface area contributed by atoms with Crippen LogP contribution in [0.15, 0.2) is 0 Å². The molecule has 5 heteroatoms. The molecule has 1 N–H and O–H groups in total. The minimum absolute atomic E-state index is 0.0651. The van der Waals surface area contributed by atoms with Crippen molar-refractivity contribution in [3.8, 4) is 0 Å². The maximum absolute atomic E-state index is 11.8. The van der Waals surface area contributed by atoms with Gasteiger partial charge in [0.1, 0.15) is 0 Å². The van der Waals surface area contributed by atoms with Crippen molar-refractivity contribution in [1.29, 1.82) is 0 Å². The molecule has 5 nitrogen and oxygen atoms in total. The van der Waals surface area contributed by atoms with E-state index in [1.165, 1.54) is 0 Å². The lowest BCUT2D eigenvalue weighted by Crippen LogP contribution is -2.46. The number of likely N-dealkylation sites (N-methyl/N-ethyl adjacent to an activating group) is 1. The number of rotatable bonds is 4. The molecule has 1 atom stereocenters. The van der Waals surface area contributed by atoms with Crippen molar-refractivity contribution in [2.24, 2.45) is 5.92 Å². The predicted molar refractivity (Wildman–Crippen MR) is 78.3 cm³/mol. The van der Waals surface area contributed by atoms with Gasteiger partial charge in [-0.05, 0) is 38.1 Å². The molecule has 0 unspecified atom stereocenters. The third-order valence-electron chi connectivity index (χ3n) is 4.68. The monoisotopic (exact) mass is 281 g/mol. The van der Waals surface area contributed by atoms with E-state index in [0.29, 0.717) is 12.3 Å². The molecule has 2 amide bonds. The Balaban J connectivity index is 1.80. The lowest BCUT2D eigenvalue weighted by Gasteiger charge is -2.35. The largest absolute Gasteiger partial charge is 0.358 e. The fourth-order valence-electron chi connectivity index (χ4n) is 3.43. The molecule has 114 valence electrons. The van der Waals surface area contributed by atoms with E-state index in [4.69, 9.17) is 0 Å². The van der Waals surface area contributed by atoms with Crippen LogP contribution in [-0.4, -0.2) is 60.9 Å². The molecule has 2 heterocycles. The highest BCUT2D eigenvalue weighted by molar-refractivity contribution is 5.81. The molecular weight excluding hydrogens is 254 g/mol. The molecule has 0 saturated carbocycles. The van der Waals surface area contributed by atoms with Crippen LogP contribution in [0.5, 0.6) is 0 Å². The van der Waals surface area contributed by atoms with Crippen LogP contribution in [0.3, 0.4) is 0 Å². The van der Waals surface area contributed by atoms with Gasteiger partial charge in [0.05, 0.1) is 6.04 Å². The molecule has 20 heavy (non-hydrogen) atoms. The van der Waals surface area contributed by atoms with Gasteiger partial charge >= 0.3 is 0 Å². The number of likely N-dealkylation sites (tertiary alicyclic amines) is 2. The summed E-state index contributed by atoms with van der Waals surface area (Å²) in [5.74, 6) is 1.05. The van der Waals surface area contributed by atoms with E-state index >= 15 is 0 Å². The van der Waals surface area contributed by atoms with Crippen LogP contribution in [0, 0.1) is 5.92 Å². The molecule has 2 aliphatic heterocycles. The second kappa shape index (κ2) is 7.07. The first-order valence-electron chi connectivity index (χ1n) is 7.89. The van der Waals surface area contributed by atoms with Crippen LogP contribution >= 0.6 is 0 Å². The summed E-state index contributed by atoms with van der Waals surface area (Å²) >= 11 is 0. The summed E-state index contributed by atoms with van der Waals surface area (Å²) in [6, 6.07) is 0.0651. The number of nitrogens with one attached hydrogen (secondary N) is 1. The molecule has 0 bridgehead atoms. The summed E-state index contributed by atoms with van der Waals surface area (Å²) in [5, 5.41) is 2.77. The van der Waals surface area contributed by atoms with Crippen LogP contribution in [0.4, 0.5) is 0 Å². The normalized spacial score (nSPS) is 24.9. The zero-order chi connectivity index (χ0) is 14.5. The summed E-state index contributed by atoms with van der Waals surface area (Å²) < 4.78 is 0. The number of piperidine rings is 1. The van der Waals surface area contributed by atoms with Gasteiger partial charge in [0.15, 0.2) is 0 Å². The van der Waals surface area contributed by atoms with Crippen LogP contribution in [-0.2, 0) is 9.59 Å². The first kappa shape index (κ1) is 15.3. The molecule has 2 aliphatic rings. The Morgan fingerprint density at radius 2 is 1.85 bits per heavy atom. The number of carbonyl (C=O) groups is 2. The zero-order valence-corrected chi connectivity index (χ0v) is 12.7. The van der Waals surface area contributed by atoms with E-state index in [2.05, 4.69) is 10.2 Å². The summed E-state index contributed by atoms with van der Waals surface area (Å²) in [6.45, 7) is 5.73. The van der Waals surface area contributed by atoms with E-state index in [0.717, 1.165) is 51.9 Å². The van der Waals surface area contributed by atoms with Crippen molar-refractivity contribution in [2.75, 3.05) is 33.2 Å². The van der Waals surface area contributed by atoms with E-state index < -0.39 is 0 Å². The van der Waals surface area contributed by atoms with Gasteiger partial charge in [-0.2, -0.15) is 0 Å². The van der Waals surface area contributed by atoms with Crippen molar-refractivity contribution in [3.05, 3.63) is 0 Å². The molecule has 0 radical (unpaired) electrons. The maximum Gasteiger partial charge on any atom is 0.237 e. The van der Waals surface area contributed by atoms with Crippen LogP contribution < -0.4 is 5.32 Å². The van der Waals surface area contributed by atoms with E-state index in [1.807, 2.05) is 11.8 Å². The van der Waals surface area contributed by atoms with Crippen molar-refractivity contribution in [2.45, 2.75) is 45.1 Å². The van der Waals surface area contributed by atoms with E-state index in [9.17, 15) is 9.59 Å². The first-order chi connectivity index (χ1) is 9.65. The highest BCUT2D eigenvalue weighted by Gasteiger charge is 2.32. The van der Waals surface area contributed by atoms with Gasteiger partial charge in [-0.15, -0.1) is 0 Å². The van der Waals surface area contributed by atoms with Crippen molar-refractivity contribution in [3.63, 3.8) is 0 Å². The van der Waals surface area contributed by atoms with Gasteiger partial charge in [0.2, 0.25) is 11.8 Å². The maximum atomic E-state index is 11.8. The fraction of sp³-hybridized carbons (Fsp3) is 0.867. The molecule has 0 aromatic rings. The van der Waals surface area contributed by atoms with Crippen molar-refractivity contribution >= 4 is 11.8 Å². The van der Waals surface area contributed by atoms with Gasteiger partial charge in [-0.25, -0.2) is 0 Å². The second-order valence-corrected chi connectivity index (χ2v) is 5.94. The standard InChI is InChI=1S/C15H27N3O2/c1-3-14(19)17-9-6-12(7-10-17)11-18-8-4-5-13(18)15(20)16-2/h12-13H,3-11H2,1-2H3,(H,16,20)/t13-/m0/s1. The smallest absolute Gasteiger partial charge is 0.237 e. The third-order valence-corrected chi connectivity index (χ3v) is 4.68. The van der Waals surface area contributed by atoms with E-state index in [1.54, 1.807) is 7.05 Å². The quantitative estimate of drug-likeness (QED) is 0.831. The lowest BCUT2D eigenvalue weighted by atomic mass is 9.95. The second-order valence-electron chi connectivity index (χ2n) is 5.94. The SMILES string of the molecule is CCC(=O)N1CCC(CN2CCC[C@H]2C(=O)NC)CC1. The average Bonchev–Trinajstić information content (AvgIpc) is 2.94. The number of hydrogen-bond donors (Lipinski definition) is 1. The van der Waals surface area contributed by atoms with Crippen molar-refractivity contribution in [1.82, 2.24) is 15.1 Å². The Bertz CT molecular complexity index is 351. The van der Waals surface area contributed by atoms with Crippen LogP contribution in [0.25, 0.3) is 0 Å². The molecule has 0 spiro atoms. The summed E-state index contributed by atoms with van der Waals surface area (Å²) in [6.07, 6.45) is 4.85. The number of carbonyl (C=O) groups excluding carboxylic acids is 2. The molecular formula is C15H27N3O2. The zero-order valence-electron chi connectivity index (χ0n) is 12.7. The third kappa shape index (κ3) is 3.51. The highest BCUT2D eigenvalue weighted by atomic mass is 16.2. The minimum atomic E-state index is 0.0651. The minimum Gasteiger partial charge on any atom is -0.358 e. The number of hydrogen-bond acceptors (Lipinski definition) is 3. The van der Waals surface area contributed by atoms with Gasteiger partial charge in [-0.1, -0.05) is 6.92 Å². The van der Waals surface area contributed by atoms with Crippen LogP contribution in [0.1, 0.15) is 39.0 Å².